The number of benzene rings is 2. The molecule has 168 valence electrons. The molecule has 1 heterocycles. The Morgan fingerprint density at radius 3 is 2.62 bits per heavy atom. The zero-order valence-corrected chi connectivity index (χ0v) is 21.7. The van der Waals surface area contributed by atoms with Crippen molar-refractivity contribution in [3.8, 4) is 11.5 Å². The molecule has 1 fully saturated rings. The van der Waals surface area contributed by atoms with Crippen molar-refractivity contribution >= 4 is 84.0 Å². The lowest BCUT2D eigenvalue weighted by Gasteiger charge is -2.13. The van der Waals surface area contributed by atoms with Gasteiger partial charge in [0.05, 0.1) is 28.1 Å². The summed E-state index contributed by atoms with van der Waals surface area (Å²) >= 11 is 13.5. The maximum atomic E-state index is 12.8. The van der Waals surface area contributed by atoms with Crippen LogP contribution in [0, 0.1) is 0 Å². The fourth-order valence-electron chi connectivity index (χ4n) is 2.84. The van der Waals surface area contributed by atoms with Gasteiger partial charge in [0.2, 0.25) is 5.91 Å². The molecule has 1 N–H and O–H groups in total. The highest BCUT2D eigenvalue weighted by Gasteiger charge is 2.36. The Bertz CT molecular complexity index is 1130. The molecule has 0 spiro atoms. The number of ether oxygens (including phenoxy) is 2. The highest BCUT2D eigenvalue weighted by atomic mass is 79.9. The van der Waals surface area contributed by atoms with E-state index in [0.717, 1.165) is 16.7 Å². The van der Waals surface area contributed by atoms with Crippen LogP contribution < -0.4 is 14.8 Å². The van der Waals surface area contributed by atoms with Crippen molar-refractivity contribution < 1.29 is 23.9 Å². The van der Waals surface area contributed by atoms with E-state index in [0.29, 0.717) is 43.3 Å². The number of methoxy groups -OCH3 is 1. The first-order chi connectivity index (χ1) is 15.2. The third-order valence-electron chi connectivity index (χ3n) is 4.21. The van der Waals surface area contributed by atoms with Gasteiger partial charge in [-0.15, -0.1) is 0 Å². The monoisotopic (exact) mass is 602 g/mol. The summed E-state index contributed by atoms with van der Waals surface area (Å²) in [5.41, 5.74) is 1.10. The standard InChI is InChI=1S/C21H17Br2ClN2O5S/c1-3-31-16-7-11(6-14(23)19(16)30-2)8-17-20(28)26(21(29)32-17)10-18(27)25-12-4-5-13(22)15(24)9-12/h4-9H,3,10H2,1-2H3,(H,25,27)/b17-8+. The fraction of sp³-hybridized carbons (Fsp3) is 0.190. The highest BCUT2D eigenvalue weighted by molar-refractivity contribution is 9.10. The molecule has 3 rings (SSSR count). The molecule has 0 radical (unpaired) electrons. The molecule has 2 aromatic rings. The van der Waals surface area contributed by atoms with Crippen LogP contribution in [0.5, 0.6) is 11.5 Å². The highest BCUT2D eigenvalue weighted by Crippen LogP contribution is 2.39. The normalized spacial score (nSPS) is 14.8. The molecule has 1 aliphatic rings. The van der Waals surface area contributed by atoms with E-state index in [1.165, 1.54) is 7.11 Å². The summed E-state index contributed by atoms with van der Waals surface area (Å²) in [6, 6.07) is 8.36. The van der Waals surface area contributed by atoms with Gasteiger partial charge in [0.25, 0.3) is 11.1 Å². The van der Waals surface area contributed by atoms with Gasteiger partial charge in [-0.3, -0.25) is 19.3 Å². The van der Waals surface area contributed by atoms with Crippen molar-refractivity contribution in [3.05, 3.63) is 54.8 Å². The second-order valence-corrected chi connectivity index (χ2v) is 9.52. The Morgan fingerprint density at radius 2 is 1.97 bits per heavy atom. The van der Waals surface area contributed by atoms with Crippen molar-refractivity contribution in [1.29, 1.82) is 0 Å². The minimum Gasteiger partial charge on any atom is -0.492 e. The first-order valence-electron chi connectivity index (χ1n) is 9.24. The second-order valence-electron chi connectivity index (χ2n) is 6.41. The molecule has 0 unspecified atom stereocenters. The molecule has 3 amide bonds. The molecule has 1 saturated heterocycles. The van der Waals surface area contributed by atoms with E-state index in [9.17, 15) is 14.4 Å². The molecular weight excluding hydrogens is 588 g/mol. The molecule has 0 saturated carbocycles. The van der Waals surface area contributed by atoms with E-state index in [-0.39, 0.29) is 4.91 Å². The molecule has 0 aromatic heterocycles. The van der Waals surface area contributed by atoms with Gasteiger partial charge in [0.15, 0.2) is 11.5 Å². The number of halogens is 3. The smallest absolute Gasteiger partial charge is 0.294 e. The number of anilines is 1. The van der Waals surface area contributed by atoms with Gasteiger partial charge in [-0.1, -0.05) is 11.6 Å². The molecule has 2 aromatic carbocycles. The van der Waals surface area contributed by atoms with Crippen molar-refractivity contribution in [1.82, 2.24) is 4.90 Å². The van der Waals surface area contributed by atoms with Crippen LogP contribution in [-0.4, -0.2) is 42.2 Å². The van der Waals surface area contributed by atoms with Crippen LogP contribution in [0.2, 0.25) is 5.02 Å². The first-order valence-corrected chi connectivity index (χ1v) is 12.0. The number of imide groups is 1. The first kappa shape index (κ1) is 24.6. The van der Waals surface area contributed by atoms with Crippen LogP contribution in [-0.2, 0) is 9.59 Å². The summed E-state index contributed by atoms with van der Waals surface area (Å²) in [4.78, 5) is 38.6. The van der Waals surface area contributed by atoms with Crippen LogP contribution >= 0.6 is 55.2 Å². The molecule has 0 atom stereocenters. The number of rotatable bonds is 7. The van der Waals surface area contributed by atoms with Gasteiger partial charge in [0, 0.05) is 10.2 Å². The molecule has 0 aliphatic carbocycles. The van der Waals surface area contributed by atoms with E-state index >= 15 is 0 Å². The maximum Gasteiger partial charge on any atom is 0.294 e. The average Bonchev–Trinajstić information content (AvgIpc) is 2.98. The average molecular weight is 605 g/mol. The number of nitrogens with zero attached hydrogens (tertiary/aromatic N) is 1. The Hall–Kier alpha value is -2.01. The lowest BCUT2D eigenvalue weighted by atomic mass is 10.2. The summed E-state index contributed by atoms with van der Waals surface area (Å²) in [6.07, 6.45) is 1.57. The maximum absolute atomic E-state index is 12.8. The van der Waals surface area contributed by atoms with Gasteiger partial charge in [-0.2, -0.15) is 0 Å². The lowest BCUT2D eigenvalue weighted by Crippen LogP contribution is -2.36. The second kappa shape index (κ2) is 10.7. The SMILES string of the molecule is CCOc1cc(/C=C2/SC(=O)N(CC(=O)Nc3ccc(Br)c(Cl)c3)C2=O)cc(Br)c1OC. The van der Waals surface area contributed by atoms with Gasteiger partial charge < -0.3 is 14.8 Å². The van der Waals surface area contributed by atoms with Gasteiger partial charge >= 0.3 is 0 Å². The largest absolute Gasteiger partial charge is 0.492 e. The molecule has 0 bridgehead atoms. The Labute approximate surface area is 210 Å². The summed E-state index contributed by atoms with van der Waals surface area (Å²) in [7, 11) is 1.53. The summed E-state index contributed by atoms with van der Waals surface area (Å²) in [6.45, 7) is 1.87. The van der Waals surface area contributed by atoms with Crippen LogP contribution in [0.4, 0.5) is 10.5 Å². The van der Waals surface area contributed by atoms with Crippen molar-refractivity contribution in [2.24, 2.45) is 0 Å². The van der Waals surface area contributed by atoms with Crippen LogP contribution in [0.1, 0.15) is 12.5 Å². The van der Waals surface area contributed by atoms with E-state index in [1.54, 1.807) is 36.4 Å². The third-order valence-corrected chi connectivity index (χ3v) is 6.94. The quantitative estimate of drug-likeness (QED) is 0.394. The molecular formula is C21H17Br2ClN2O5S. The summed E-state index contributed by atoms with van der Waals surface area (Å²) in [5, 5.41) is 2.53. The van der Waals surface area contributed by atoms with E-state index < -0.39 is 23.6 Å². The molecule has 11 heteroatoms. The minimum atomic E-state index is -0.547. The number of thioether (sulfide) groups is 1. The summed E-state index contributed by atoms with van der Waals surface area (Å²) < 4.78 is 12.3. The summed E-state index contributed by atoms with van der Waals surface area (Å²) in [5.74, 6) is -0.0316. The zero-order chi connectivity index (χ0) is 23.4. The Morgan fingerprint density at radius 1 is 1.22 bits per heavy atom. The van der Waals surface area contributed by atoms with Crippen LogP contribution in [0.25, 0.3) is 6.08 Å². The number of hydrogen-bond acceptors (Lipinski definition) is 6. The molecule has 1 aliphatic heterocycles. The van der Waals surface area contributed by atoms with Crippen molar-refractivity contribution in [2.45, 2.75) is 6.92 Å². The van der Waals surface area contributed by atoms with E-state index in [4.69, 9.17) is 21.1 Å². The molecule has 7 nitrogen and oxygen atoms in total. The predicted octanol–water partition coefficient (Wildman–Crippen LogP) is 5.95. The number of hydrogen-bond donors (Lipinski definition) is 1. The van der Waals surface area contributed by atoms with E-state index in [1.807, 2.05) is 6.92 Å². The van der Waals surface area contributed by atoms with Crippen LogP contribution in [0.3, 0.4) is 0 Å². The van der Waals surface area contributed by atoms with Gasteiger partial charge in [0.1, 0.15) is 6.54 Å². The topological polar surface area (TPSA) is 84.9 Å². The number of nitrogens with one attached hydrogen (secondary N) is 1. The molecule has 32 heavy (non-hydrogen) atoms. The van der Waals surface area contributed by atoms with E-state index in [2.05, 4.69) is 37.2 Å². The van der Waals surface area contributed by atoms with Crippen LogP contribution in [0.15, 0.2) is 44.2 Å². The Balaban J connectivity index is 1.76. The van der Waals surface area contributed by atoms with Crippen molar-refractivity contribution in [3.63, 3.8) is 0 Å². The van der Waals surface area contributed by atoms with Crippen molar-refractivity contribution in [2.75, 3.05) is 25.6 Å². The number of amides is 3. The lowest BCUT2D eigenvalue weighted by molar-refractivity contribution is -0.127. The van der Waals surface area contributed by atoms with Gasteiger partial charge in [-0.05, 0) is 92.5 Å². The minimum absolute atomic E-state index is 0.203. The number of carbonyl (C=O) groups excluding carboxylic acids is 3. The van der Waals surface area contributed by atoms with Gasteiger partial charge in [-0.25, -0.2) is 0 Å². The Kier molecular flexibility index (Phi) is 8.26. The third kappa shape index (κ3) is 5.67. The predicted molar refractivity (Wildman–Crippen MR) is 132 cm³/mol. The fourth-order valence-corrected chi connectivity index (χ4v) is 4.73. The number of carbonyl (C=O) groups is 3. The zero-order valence-electron chi connectivity index (χ0n) is 16.9.